The normalized spacial score (nSPS) is 10.6. The predicted octanol–water partition coefficient (Wildman–Crippen LogP) is 4.07. The van der Waals surface area contributed by atoms with Crippen LogP contribution in [-0.4, -0.2) is 55.5 Å². The number of amides is 2. The second-order valence-electron chi connectivity index (χ2n) is 7.26. The van der Waals surface area contributed by atoms with Gasteiger partial charge in [-0.3, -0.25) is 9.59 Å². The molecule has 2 amide bonds. The summed E-state index contributed by atoms with van der Waals surface area (Å²) in [5, 5.41) is 2.00. The van der Waals surface area contributed by atoms with E-state index in [0.717, 1.165) is 10.4 Å². The van der Waals surface area contributed by atoms with Gasteiger partial charge in [-0.15, -0.1) is 11.3 Å². The summed E-state index contributed by atoms with van der Waals surface area (Å²) in [4.78, 5) is 30.9. The maximum absolute atomic E-state index is 13.4. The molecule has 3 rings (SSSR count). The fraction of sp³-hybridized carbons (Fsp3) is 0.280. The molecule has 1 heterocycles. The van der Waals surface area contributed by atoms with Crippen molar-refractivity contribution in [2.75, 3.05) is 33.9 Å². The molecule has 6 nitrogen and oxygen atoms in total. The Kier molecular flexibility index (Phi) is 8.83. The molecule has 0 unspecified atom stereocenters. The molecular formula is C25H28N2O4S. The van der Waals surface area contributed by atoms with Gasteiger partial charge in [-0.05, 0) is 41.3 Å². The number of rotatable bonds is 11. The molecule has 0 aliphatic rings. The molecule has 0 saturated carbocycles. The van der Waals surface area contributed by atoms with Crippen molar-refractivity contribution in [2.24, 2.45) is 0 Å². The summed E-state index contributed by atoms with van der Waals surface area (Å²) in [7, 11) is 3.16. The molecule has 1 aromatic heterocycles. The van der Waals surface area contributed by atoms with Crippen LogP contribution in [0.1, 0.15) is 20.8 Å². The van der Waals surface area contributed by atoms with Crippen LogP contribution in [0.5, 0.6) is 5.75 Å². The number of thiophene rings is 1. The van der Waals surface area contributed by atoms with E-state index in [1.54, 1.807) is 59.6 Å². The summed E-state index contributed by atoms with van der Waals surface area (Å²) in [5.74, 6) is 0.347. The van der Waals surface area contributed by atoms with E-state index in [2.05, 4.69) is 0 Å². The molecule has 168 valence electrons. The van der Waals surface area contributed by atoms with E-state index >= 15 is 0 Å². The van der Waals surface area contributed by atoms with Gasteiger partial charge in [0.25, 0.3) is 5.91 Å². The summed E-state index contributed by atoms with van der Waals surface area (Å²) in [5.41, 5.74) is 1.55. The van der Waals surface area contributed by atoms with Crippen LogP contribution in [0.25, 0.3) is 0 Å². The lowest BCUT2D eigenvalue weighted by molar-refractivity contribution is -0.133. The monoisotopic (exact) mass is 452 g/mol. The number of hydrogen-bond donors (Lipinski definition) is 0. The van der Waals surface area contributed by atoms with Gasteiger partial charge in [-0.25, -0.2) is 0 Å². The smallest absolute Gasteiger partial charge is 0.254 e. The number of carbonyl (C=O) groups excluding carboxylic acids is 2. The van der Waals surface area contributed by atoms with Crippen LogP contribution in [0, 0.1) is 0 Å². The van der Waals surface area contributed by atoms with E-state index in [1.807, 2.05) is 47.8 Å². The van der Waals surface area contributed by atoms with Crippen LogP contribution < -0.4 is 4.74 Å². The Hall–Kier alpha value is -3.16. The number of methoxy groups -OCH3 is 2. The van der Waals surface area contributed by atoms with Crippen molar-refractivity contribution in [3.05, 3.63) is 88.1 Å². The Morgan fingerprint density at radius 3 is 2.25 bits per heavy atom. The fourth-order valence-corrected chi connectivity index (χ4v) is 3.98. The van der Waals surface area contributed by atoms with E-state index in [1.165, 1.54) is 0 Å². The standard InChI is InChI=1S/C25H28N2O4S/c1-30-15-14-26(25(29)21-10-12-22(31-2)13-11-21)19-24(28)27(18-23-9-6-16-32-23)17-20-7-4-3-5-8-20/h3-13,16H,14-15,17-19H2,1-2H3. The topological polar surface area (TPSA) is 59.1 Å². The van der Waals surface area contributed by atoms with Crippen LogP contribution in [0.3, 0.4) is 0 Å². The van der Waals surface area contributed by atoms with Crippen molar-refractivity contribution in [3.63, 3.8) is 0 Å². The van der Waals surface area contributed by atoms with Crippen LogP contribution >= 0.6 is 11.3 Å². The van der Waals surface area contributed by atoms with Crippen molar-refractivity contribution >= 4 is 23.2 Å². The van der Waals surface area contributed by atoms with Crippen LogP contribution in [0.15, 0.2) is 72.1 Å². The van der Waals surface area contributed by atoms with E-state index in [9.17, 15) is 9.59 Å². The number of hydrogen-bond acceptors (Lipinski definition) is 5. The molecule has 0 aliphatic heterocycles. The summed E-state index contributed by atoms with van der Waals surface area (Å²) < 4.78 is 10.4. The fourth-order valence-electron chi connectivity index (χ4n) is 3.26. The summed E-state index contributed by atoms with van der Waals surface area (Å²) in [6.07, 6.45) is 0. The number of carbonyl (C=O) groups is 2. The van der Waals surface area contributed by atoms with Gasteiger partial charge in [-0.2, -0.15) is 0 Å². The first kappa shape index (κ1) is 23.5. The highest BCUT2D eigenvalue weighted by molar-refractivity contribution is 7.09. The molecule has 0 fully saturated rings. The zero-order valence-electron chi connectivity index (χ0n) is 18.4. The molecule has 0 atom stereocenters. The van der Waals surface area contributed by atoms with E-state index in [4.69, 9.17) is 9.47 Å². The zero-order valence-corrected chi connectivity index (χ0v) is 19.2. The summed E-state index contributed by atoms with van der Waals surface area (Å²) >= 11 is 1.61. The van der Waals surface area contributed by atoms with Gasteiger partial charge < -0.3 is 19.3 Å². The lowest BCUT2D eigenvalue weighted by atomic mass is 10.1. The Morgan fingerprint density at radius 2 is 1.62 bits per heavy atom. The summed E-state index contributed by atoms with van der Waals surface area (Å²) in [6.45, 7) is 1.63. The average Bonchev–Trinajstić information content (AvgIpc) is 3.34. The molecule has 3 aromatic rings. The largest absolute Gasteiger partial charge is 0.497 e. The van der Waals surface area contributed by atoms with Crippen molar-refractivity contribution in [1.29, 1.82) is 0 Å². The third kappa shape index (κ3) is 6.67. The van der Waals surface area contributed by atoms with Gasteiger partial charge in [0, 0.05) is 30.6 Å². The third-order valence-electron chi connectivity index (χ3n) is 5.01. The lowest BCUT2D eigenvalue weighted by Gasteiger charge is -2.27. The zero-order chi connectivity index (χ0) is 22.8. The molecule has 0 saturated heterocycles. The average molecular weight is 453 g/mol. The maximum Gasteiger partial charge on any atom is 0.254 e. The van der Waals surface area contributed by atoms with Gasteiger partial charge in [0.1, 0.15) is 12.3 Å². The minimum Gasteiger partial charge on any atom is -0.497 e. The van der Waals surface area contributed by atoms with Gasteiger partial charge in [0.2, 0.25) is 5.91 Å². The van der Waals surface area contributed by atoms with Gasteiger partial charge in [0.05, 0.1) is 20.3 Å². The highest BCUT2D eigenvalue weighted by atomic mass is 32.1. The number of benzene rings is 2. The van der Waals surface area contributed by atoms with E-state index in [-0.39, 0.29) is 18.4 Å². The molecule has 32 heavy (non-hydrogen) atoms. The third-order valence-corrected chi connectivity index (χ3v) is 5.87. The van der Waals surface area contributed by atoms with Crippen molar-refractivity contribution in [3.8, 4) is 5.75 Å². The van der Waals surface area contributed by atoms with Gasteiger partial charge in [-0.1, -0.05) is 36.4 Å². The van der Waals surface area contributed by atoms with E-state index < -0.39 is 0 Å². The van der Waals surface area contributed by atoms with Crippen molar-refractivity contribution in [2.45, 2.75) is 13.1 Å². The Bertz CT molecular complexity index is 975. The molecular weight excluding hydrogens is 424 g/mol. The molecule has 0 spiro atoms. The molecule has 0 aliphatic carbocycles. The second kappa shape index (κ2) is 12.0. The molecule has 0 bridgehead atoms. The maximum atomic E-state index is 13.4. The SMILES string of the molecule is COCCN(CC(=O)N(Cc1ccccc1)Cc1cccs1)C(=O)c1ccc(OC)cc1. The van der Waals surface area contributed by atoms with Crippen molar-refractivity contribution in [1.82, 2.24) is 9.80 Å². The Labute approximate surface area is 193 Å². The Balaban J connectivity index is 1.77. The number of ether oxygens (including phenoxy) is 2. The quantitative estimate of drug-likeness (QED) is 0.440. The molecule has 0 radical (unpaired) electrons. The predicted molar refractivity (Wildman–Crippen MR) is 126 cm³/mol. The first-order valence-electron chi connectivity index (χ1n) is 10.4. The number of nitrogens with zero attached hydrogens (tertiary/aromatic N) is 2. The van der Waals surface area contributed by atoms with Crippen molar-refractivity contribution < 1.29 is 19.1 Å². The van der Waals surface area contributed by atoms with Crippen LogP contribution in [-0.2, 0) is 22.6 Å². The second-order valence-corrected chi connectivity index (χ2v) is 8.30. The van der Waals surface area contributed by atoms with Crippen LogP contribution in [0.4, 0.5) is 0 Å². The molecule has 7 heteroatoms. The first-order chi connectivity index (χ1) is 15.6. The van der Waals surface area contributed by atoms with Gasteiger partial charge in [0.15, 0.2) is 0 Å². The minimum absolute atomic E-state index is 0.0214. The molecule has 0 N–H and O–H groups in total. The lowest BCUT2D eigenvalue weighted by Crippen LogP contribution is -2.43. The molecule has 2 aromatic carbocycles. The first-order valence-corrected chi connectivity index (χ1v) is 11.2. The highest BCUT2D eigenvalue weighted by Crippen LogP contribution is 2.17. The van der Waals surface area contributed by atoms with Crippen LogP contribution in [0.2, 0.25) is 0 Å². The minimum atomic E-state index is -0.214. The van der Waals surface area contributed by atoms with Gasteiger partial charge >= 0.3 is 0 Å². The summed E-state index contributed by atoms with van der Waals surface area (Å²) in [6, 6.07) is 20.8. The van der Waals surface area contributed by atoms with E-state index in [0.29, 0.717) is 37.6 Å². The Morgan fingerprint density at radius 1 is 0.875 bits per heavy atom. The highest BCUT2D eigenvalue weighted by Gasteiger charge is 2.23.